The van der Waals surface area contributed by atoms with Crippen molar-refractivity contribution in [2.45, 2.75) is 32.9 Å². The standard InChI is InChI=1S/C17H23N5O4/c1-5-10(2)19-8-11(18)9-20-14(24)12-13(23)15(25)22-6-7-26-17(3,4)16(22)21-12/h5,8,23H,1,6-7,9,18H2,2-4H3,(H,20,24)/b11-8-,19-10-. The number of rotatable bonds is 5. The summed E-state index contributed by atoms with van der Waals surface area (Å²) in [4.78, 5) is 32.9. The lowest BCUT2D eigenvalue weighted by atomic mass is 10.1. The third-order valence-corrected chi connectivity index (χ3v) is 3.86. The molecule has 1 amide bonds. The first kappa shape index (κ1) is 19.4. The summed E-state index contributed by atoms with van der Waals surface area (Å²) in [5.41, 5.74) is 4.83. The Balaban J connectivity index is 2.26. The zero-order valence-electron chi connectivity index (χ0n) is 15.1. The van der Waals surface area contributed by atoms with Crippen molar-refractivity contribution in [3.8, 4) is 5.75 Å². The predicted molar refractivity (Wildman–Crippen MR) is 97.0 cm³/mol. The van der Waals surface area contributed by atoms with E-state index in [0.29, 0.717) is 12.3 Å². The normalized spacial score (nSPS) is 16.7. The molecule has 2 heterocycles. The number of hydrogen-bond donors (Lipinski definition) is 3. The maximum absolute atomic E-state index is 12.4. The van der Waals surface area contributed by atoms with Crippen molar-refractivity contribution in [3.05, 3.63) is 46.4 Å². The number of aromatic hydroxyl groups is 1. The summed E-state index contributed by atoms with van der Waals surface area (Å²) in [5.74, 6) is -1.14. The maximum atomic E-state index is 12.4. The number of hydrogen-bond acceptors (Lipinski definition) is 7. The van der Waals surface area contributed by atoms with Crippen LogP contribution in [0.25, 0.3) is 0 Å². The van der Waals surface area contributed by atoms with Crippen molar-refractivity contribution in [2.75, 3.05) is 13.2 Å². The number of carbonyl (C=O) groups excluding carboxylic acids is 1. The predicted octanol–water partition coefficient (Wildman–Crippen LogP) is 0.391. The van der Waals surface area contributed by atoms with Crippen LogP contribution in [0.5, 0.6) is 5.75 Å². The van der Waals surface area contributed by atoms with Crippen LogP contribution in [-0.2, 0) is 16.9 Å². The van der Waals surface area contributed by atoms with Gasteiger partial charge in [-0.05, 0) is 26.8 Å². The summed E-state index contributed by atoms with van der Waals surface area (Å²) in [6.45, 7) is 9.36. The van der Waals surface area contributed by atoms with Crippen LogP contribution in [0.2, 0.25) is 0 Å². The number of ether oxygens (including phenoxy) is 1. The number of aromatic nitrogens is 2. The average molecular weight is 361 g/mol. The third kappa shape index (κ3) is 3.99. The molecule has 0 atom stereocenters. The van der Waals surface area contributed by atoms with Gasteiger partial charge in [0.25, 0.3) is 11.5 Å². The molecule has 0 fully saturated rings. The van der Waals surface area contributed by atoms with E-state index in [-0.39, 0.29) is 30.3 Å². The molecule has 1 aliphatic rings. The topological polar surface area (TPSA) is 132 Å². The Kier molecular flexibility index (Phi) is 5.61. The van der Waals surface area contributed by atoms with Gasteiger partial charge in [-0.3, -0.25) is 19.1 Å². The van der Waals surface area contributed by atoms with Gasteiger partial charge in [0.05, 0.1) is 19.7 Å². The Labute approximate surface area is 150 Å². The van der Waals surface area contributed by atoms with Crippen LogP contribution in [0.4, 0.5) is 0 Å². The van der Waals surface area contributed by atoms with E-state index in [4.69, 9.17) is 10.5 Å². The number of nitrogens with two attached hydrogens (primary N) is 1. The Hall–Kier alpha value is -2.94. The lowest BCUT2D eigenvalue weighted by Gasteiger charge is -2.32. The lowest BCUT2D eigenvalue weighted by molar-refractivity contribution is -0.0566. The molecule has 0 saturated heterocycles. The molecule has 26 heavy (non-hydrogen) atoms. The fraction of sp³-hybridized carbons (Fsp3) is 0.412. The monoisotopic (exact) mass is 361 g/mol. The van der Waals surface area contributed by atoms with Gasteiger partial charge in [0.2, 0.25) is 5.75 Å². The van der Waals surface area contributed by atoms with E-state index < -0.39 is 22.8 Å². The molecule has 0 aromatic carbocycles. The molecule has 0 spiro atoms. The van der Waals surface area contributed by atoms with Gasteiger partial charge in [0, 0.05) is 17.6 Å². The van der Waals surface area contributed by atoms with Crippen LogP contribution in [0.1, 0.15) is 37.1 Å². The zero-order valence-corrected chi connectivity index (χ0v) is 15.1. The average Bonchev–Trinajstić information content (AvgIpc) is 2.60. The van der Waals surface area contributed by atoms with Gasteiger partial charge in [-0.2, -0.15) is 0 Å². The molecule has 9 nitrogen and oxygen atoms in total. The van der Waals surface area contributed by atoms with E-state index in [1.54, 1.807) is 26.8 Å². The fourth-order valence-corrected chi connectivity index (χ4v) is 2.38. The summed E-state index contributed by atoms with van der Waals surface area (Å²) >= 11 is 0. The van der Waals surface area contributed by atoms with Crippen LogP contribution in [0.3, 0.4) is 0 Å². The van der Waals surface area contributed by atoms with E-state index in [9.17, 15) is 14.7 Å². The molecule has 1 aliphatic heterocycles. The highest BCUT2D eigenvalue weighted by atomic mass is 16.5. The van der Waals surface area contributed by atoms with E-state index in [1.165, 1.54) is 10.8 Å². The van der Waals surface area contributed by atoms with Crippen LogP contribution < -0.4 is 16.6 Å². The second-order valence-corrected chi connectivity index (χ2v) is 6.31. The largest absolute Gasteiger partial charge is 0.501 e. The van der Waals surface area contributed by atoms with Gasteiger partial charge in [0.15, 0.2) is 5.69 Å². The maximum Gasteiger partial charge on any atom is 0.296 e. The minimum absolute atomic E-state index is 0.0216. The number of nitrogens with one attached hydrogen (secondary N) is 1. The van der Waals surface area contributed by atoms with E-state index in [2.05, 4.69) is 21.9 Å². The van der Waals surface area contributed by atoms with E-state index in [1.807, 2.05) is 0 Å². The zero-order chi connectivity index (χ0) is 19.5. The number of amides is 1. The summed E-state index contributed by atoms with van der Waals surface area (Å²) in [7, 11) is 0. The van der Waals surface area contributed by atoms with E-state index in [0.717, 1.165) is 0 Å². The molecule has 2 rings (SSSR count). The summed E-state index contributed by atoms with van der Waals surface area (Å²) < 4.78 is 6.91. The fourth-order valence-electron chi connectivity index (χ4n) is 2.38. The highest BCUT2D eigenvalue weighted by Crippen LogP contribution is 2.27. The molecule has 0 radical (unpaired) electrons. The van der Waals surface area contributed by atoms with Crippen molar-refractivity contribution in [2.24, 2.45) is 10.7 Å². The van der Waals surface area contributed by atoms with Crippen LogP contribution in [-0.4, -0.2) is 39.4 Å². The molecule has 0 unspecified atom stereocenters. The second kappa shape index (κ2) is 7.52. The Morgan fingerprint density at radius 3 is 2.92 bits per heavy atom. The number of aliphatic imine (C=N–C) groups is 1. The van der Waals surface area contributed by atoms with Crippen LogP contribution in [0.15, 0.2) is 34.3 Å². The van der Waals surface area contributed by atoms with Gasteiger partial charge < -0.3 is 20.9 Å². The number of allylic oxidation sites excluding steroid dienone is 1. The highest BCUT2D eigenvalue weighted by molar-refractivity contribution is 5.95. The molecule has 0 aliphatic carbocycles. The van der Waals surface area contributed by atoms with Gasteiger partial charge in [-0.15, -0.1) is 0 Å². The lowest BCUT2D eigenvalue weighted by Crippen LogP contribution is -2.42. The van der Waals surface area contributed by atoms with Crippen molar-refractivity contribution < 1.29 is 14.6 Å². The molecule has 1 aromatic rings. The molecule has 0 bridgehead atoms. The Morgan fingerprint density at radius 2 is 2.27 bits per heavy atom. The van der Waals surface area contributed by atoms with Gasteiger partial charge in [-0.1, -0.05) is 6.58 Å². The molecule has 1 aromatic heterocycles. The van der Waals surface area contributed by atoms with Crippen LogP contribution >= 0.6 is 0 Å². The first-order valence-electron chi connectivity index (χ1n) is 8.05. The van der Waals surface area contributed by atoms with Crippen molar-refractivity contribution in [1.82, 2.24) is 14.9 Å². The Bertz CT molecular complexity index is 851. The molecule has 9 heteroatoms. The molecule has 0 saturated carbocycles. The Morgan fingerprint density at radius 1 is 1.58 bits per heavy atom. The molecule has 140 valence electrons. The van der Waals surface area contributed by atoms with Gasteiger partial charge in [0.1, 0.15) is 11.4 Å². The number of nitrogens with zero attached hydrogens (tertiary/aromatic N) is 3. The minimum Gasteiger partial charge on any atom is -0.501 e. The van der Waals surface area contributed by atoms with Crippen molar-refractivity contribution >= 4 is 11.6 Å². The van der Waals surface area contributed by atoms with Crippen LogP contribution in [0, 0.1) is 0 Å². The number of fused-ring (bicyclic) bond motifs is 1. The van der Waals surface area contributed by atoms with Crippen molar-refractivity contribution in [3.63, 3.8) is 0 Å². The summed E-state index contributed by atoms with van der Waals surface area (Å²) in [6, 6.07) is 0. The first-order chi connectivity index (χ1) is 12.2. The molecular weight excluding hydrogens is 338 g/mol. The first-order valence-corrected chi connectivity index (χ1v) is 8.05. The quantitative estimate of drug-likeness (QED) is 0.650. The van der Waals surface area contributed by atoms with Gasteiger partial charge in [-0.25, -0.2) is 4.98 Å². The second-order valence-electron chi connectivity index (χ2n) is 6.31. The molecular formula is C17H23N5O4. The smallest absolute Gasteiger partial charge is 0.296 e. The summed E-state index contributed by atoms with van der Waals surface area (Å²) in [5, 5.41) is 12.6. The van der Waals surface area contributed by atoms with E-state index >= 15 is 0 Å². The SMILES string of the molecule is C=C/C(C)=N\C=C(/N)CNC(=O)c1nc2n(c(=O)c1O)CCOC2(C)C. The van der Waals surface area contributed by atoms with Gasteiger partial charge >= 0.3 is 0 Å². The highest BCUT2D eigenvalue weighted by Gasteiger charge is 2.34. The number of carbonyl (C=O) groups is 1. The third-order valence-electron chi connectivity index (χ3n) is 3.86. The van der Waals surface area contributed by atoms with Crippen molar-refractivity contribution in [1.29, 1.82) is 0 Å². The molecule has 4 N–H and O–H groups in total. The minimum atomic E-state index is -0.851. The summed E-state index contributed by atoms with van der Waals surface area (Å²) in [6.07, 6.45) is 2.96.